The van der Waals surface area contributed by atoms with Crippen molar-refractivity contribution >= 4 is 35.0 Å². The summed E-state index contributed by atoms with van der Waals surface area (Å²) in [5.74, 6) is -0.551. The number of benzene rings is 1. The normalized spacial score (nSPS) is 13.6. The SMILES string of the molecule is CC(C)(C)OC(=O)N1CCc2[nH]nc(C(=O)Nc3ccc(Cl)c([N+](=O)[O-])c3)c2C1. The number of nitrogens with zero attached hydrogens (tertiary/aromatic N) is 3. The monoisotopic (exact) mass is 421 g/mol. The first-order valence-electron chi connectivity index (χ1n) is 8.84. The van der Waals surface area contributed by atoms with Gasteiger partial charge in [-0.1, -0.05) is 11.6 Å². The molecule has 154 valence electrons. The predicted molar refractivity (Wildman–Crippen MR) is 105 cm³/mol. The van der Waals surface area contributed by atoms with Crippen LogP contribution in [0.4, 0.5) is 16.2 Å². The summed E-state index contributed by atoms with van der Waals surface area (Å²) in [4.78, 5) is 36.9. The summed E-state index contributed by atoms with van der Waals surface area (Å²) in [6.07, 6.45) is 0.0328. The van der Waals surface area contributed by atoms with Gasteiger partial charge in [-0.25, -0.2) is 4.79 Å². The van der Waals surface area contributed by atoms with Crippen molar-refractivity contribution in [3.63, 3.8) is 0 Å². The number of hydrogen-bond acceptors (Lipinski definition) is 6. The van der Waals surface area contributed by atoms with Crippen molar-refractivity contribution < 1.29 is 19.2 Å². The van der Waals surface area contributed by atoms with E-state index in [0.717, 1.165) is 5.69 Å². The Kier molecular flexibility index (Phi) is 5.47. The van der Waals surface area contributed by atoms with Crippen LogP contribution in [0, 0.1) is 10.1 Å². The maximum Gasteiger partial charge on any atom is 0.410 e. The third-order valence-corrected chi connectivity index (χ3v) is 4.52. The summed E-state index contributed by atoms with van der Waals surface area (Å²) in [6, 6.07) is 3.96. The van der Waals surface area contributed by atoms with Crippen LogP contribution in [0.1, 0.15) is 42.5 Å². The second-order valence-electron chi connectivity index (χ2n) is 7.56. The molecular weight excluding hydrogens is 402 g/mol. The van der Waals surface area contributed by atoms with E-state index in [0.29, 0.717) is 18.5 Å². The molecule has 11 heteroatoms. The standard InChI is InChI=1S/C18H20ClN5O5/c1-18(2,3)29-17(26)23-7-6-13-11(9-23)15(22-21-13)16(25)20-10-4-5-12(19)14(8-10)24(27)28/h4-5,8H,6-7,9H2,1-3H3,(H,20,25)(H,21,22). The summed E-state index contributed by atoms with van der Waals surface area (Å²) in [5, 5.41) is 20.5. The lowest BCUT2D eigenvalue weighted by atomic mass is 10.1. The van der Waals surface area contributed by atoms with Gasteiger partial charge in [-0.3, -0.25) is 20.0 Å². The van der Waals surface area contributed by atoms with Crippen LogP contribution < -0.4 is 5.32 Å². The van der Waals surface area contributed by atoms with Crippen molar-refractivity contribution in [2.24, 2.45) is 0 Å². The number of rotatable bonds is 3. The molecule has 0 bridgehead atoms. The summed E-state index contributed by atoms with van der Waals surface area (Å²) in [5.41, 5.74) is 0.732. The summed E-state index contributed by atoms with van der Waals surface area (Å²) in [6.45, 7) is 5.95. The molecule has 2 amide bonds. The molecule has 0 atom stereocenters. The van der Waals surface area contributed by atoms with Crippen LogP contribution in [0.2, 0.25) is 5.02 Å². The largest absolute Gasteiger partial charge is 0.444 e. The molecular formula is C18H20ClN5O5. The van der Waals surface area contributed by atoms with Gasteiger partial charge < -0.3 is 15.0 Å². The molecule has 0 saturated heterocycles. The summed E-state index contributed by atoms with van der Waals surface area (Å²) < 4.78 is 5.39. The number of carbonyl (C=O) groups is 2. The molecule has 0 saturated carbocycles. The minimum Gasteiger partial charge on any atom is -0.444 e. The molecule has 1 aliphatic rings. The Morgan fingerprint density at radius 2 is 2.10 bits per heavy atom. The molecule has 1 aromatic heterocycles. The second kappa shape index (κ2) is 7.70. The smallest absolute Gasteiger partial charge is 0.410 e. The number of carbonyl (C=O) groups excluding carboxylic acids is 2. The Morgan fingerprint density at radius 1 is 1.38 bits per heavy atom. The van der Waals surface area contributed by atoms with E-state index in [2.05, 4.69) is 15.5 Å². The van der Waals surface area contributed by atoms with E-state index in [1.165, 1.54) is 23.1 Å². The zero-order chi connectivity index (χ0) is 21.3. The number of H-pyrrole nitrogens is 1. The van der Waals surface area contributed by atoms with Gasteiger partial charge in [0.05, 0.1) is 11.5 Å². The quantitative estimate of drug-likeness (QED) is 0.575. The fourth-order valence-corrected chi connectivity index (χ4v) is 3.07. The molecule has 1 aromatic carbocycles. The first kappa shape index (κ1) is 20.6. The predicted octanol–water partition coefficient (Wildman–Crippen LogP) is 3.52. The number of hydrogen-bond donors (Lipinski definition) is 2. The number of nitrogens with one attached hydrogen (secondary N) is 2. The Labute approximate surface area is 171 Å². The van der Waals surface area contributed by atoms with Gasteiger partial charge in [-0.2, -0.15) is 5.10 Å². The van der Waals surface area contributed by atoms with E-state index in [9.17, 15) is 19.7 Å². The summed E-state index contributed by atoms with van der Waals surface area (Å²) >= 11 is 5.79. The molecule has 0 fully saturated rings. The molecule has 2 aromatic rings. The van der Waals surface area contributed by atoms with Crippen LogP contribution in [-0.4, -0.2) is 44.2 Å². The highest BCUT2D eigenvalue weighted by molar-refractivity contribution is 6.32. The van der Waals surface area contributed by atoms with Crippen LogP contribution in [0.25, 0.3) is 0 Å². The third kappa shape index (κ3) is 4.65. The highest BCUT2D eigenvalue weighted by Gasteiger charge is 2.30. The third-order valence-electron chi connectivity index (χ3n) is 4.20. The molecule has 1 aliphatic heterocycles. The topological polar surface area (TPSA) is 130 Å². The van der Waals surface area contributed by atoms with E-state index in [1.54, 1.807) is 20.8 Å². The van der Waals surface area contributed by atoms with Gasteiger partial charge in [0.15, 0.2) is 5.69 Å². The van der Waals surface area contributed by atoms with E-state index in [4.69, 9.17) is 16.3 Å². The van der Waals surface area contributed by atoms with Crippen LogP contribution >= 0.6 is 11.6 Å². The van der Waals surface area contributed by atoms with Crippen molar-refractivity contribution in [3.05, 3.63) is 50.3 Å². The van der Waals surface area contributed by atoms with Gasteiger partial charge in [0, 0.05) is 36.0 Å². The Hall–Kier alpha value is -3.14. The number of nitro benzene ring substituents is 1. The van der Waals surface area contributed by atoms with Gasteiger partial charge in [0.2, 0.25) is 0 Å². The van der Waals surface area contributed by atoms with Crippen LogP contribution in [-0.2, 0) is 17.7 Å². The van der Waals surface area contributed by atoms with E-state index < -0.39 is 22.5 Å². The molecule has 0 unspecified atom stereocenters. The van der Waals surface area contributed by atoms with Crippen LogP contribution in [0.5, 0.6) is 0 Å². The van der Waals surface area contributed by atoms with Crippen molar-refractivity contribution in [2.75, 3.05) is 11.9 Å². The number of aromatic nitrogens is 2. The molecule has 2 heterocycles. The van der Waals surface area contributed by atoms with Gasteiger partial charge in [-0.05, 0) is 32.9 Å². The zero-order valence-corrected chi connectivity index (χ0v) is 16.9. The number of amides is 2. The van der Waals surface area contributed by atoms with Gasteiger partial charge in [-0.15, -0.1) is 0 Å². The fourth-order valence-electron chi connectivity index (χ4n) is 2.89. The van der Waals surface area contributed by atoms with Crippen LogP contribution in [0.3, 0.4) is 0 Å². The highest BCUT2D eigenvalue weighted by Crippen LogP contribution is 2.28. The van der Waals surface area contributed by atoms with Crippen molar-refractivity contribution in [3.8, 4) is 0 Å². The maximum atomic E-state index is 12.7. The van der Waals surface area contributed by atoms with Crippen LogP contribution in [0.15, 0.2) is 18.2 Å². The van der Waals surface area contributed by atoms with E-state index in [-0.39, 0.29) is 28.6 Å². The Morgan fingerprint density at radius 3 is 2.76 bits per heavy atom. The second-order valence-corrected chi connectivity index (χ2v) is 7.97. The van der Waals surface area contributed by atoms with Gasteiger partial charge in [0.25, 0.3) is 11.6 Å². The molecule has 2 N–H and O–H groups in total. The van der Waals surface area contributed by atoms with E-state index >= 15 is 0 Å². The number of anilines is 1. The molecule has 10 nitrogen and oxygen atoms in total. The molecule has 29 heavy (non-hydrogen) atoms. The number of halogens is 1. The zero-order valence-electron chi connectivity index (χ0n) is 16.1. The lowest BCUT2D eigenvalue weighted by Crippen LogP contribution is -2.40. The number of nitro groups is 1. The maximum absolute atomic E-state index is 12.7. The molecule has 0 aliphatic carbocycles. The van der Waals surface area contributed by atoms with Crippen molar-refractivity contribution in [2.45, 2.75) is 39.3 Å². The van der Waals surface area contributed by atoms with E-state index in [1.807, 2.05) is 0 Å². The molecule has 0 radical (unpaired) electrons. The average Bonchev–Trinajstić information content (AvgIpc) is 3.05. The summed E-state index contributed by atoms with van der Waals surface area (Å²) in [7, 11) is 0. The lowest BCUT2D eigenvalue weighted by Gasteiger charge is -2.30. The van der Waals surface area contributed by atoms with Crippen molar-refractivity contribution in [1.82, 2.24) is 15.1 Å². The average molecular weight is 422 g/mol. The van der Waals surface area contributed by atoms with Gasteiger partial charge in [0.1, 0.15) is 10.6 Å². The highest BCUT2D eigenvalue weighted by atomic mass is 35.5. The Balaban J connectivity index is 1.78. The first-order chi connectivity index (χ1) is 13.5. The number of aromatic amines is 1. The minimum absolute atomic E-state index is 0.0295. The van der Waals surface area contributed by atoms with Crippen molar-refractivity contribution in [1.29, 1.82) is 0 Å². The van der Waals surface area contributed by atoms with Gasteiger partial charge >= 0.3 is 6.09 Å². The lowest BCUT2D eigenvalue weighted by molar-refractivity contribution is -0.384. The first-order valence-corrected chi connectivity index (χ1v) is 9.22. The molecule has 0 spiro atoms. The number of ether oxygens (including phenoxy) is 1. The Bertz CT molecular complexity index is 982. The molecule has 3 rings (SSSR count). The fraction of sp³-hybridized carbons (Fsp3) is 0.389. The minimum atomic E-state index is -0.632. The number of fused-ring (bicyclic) bond motifs is 1.